The summed E-state index contributed by atoms with van der Waals surface area (Å²) in [7, 11) is 1.46. The Morgan fingerprint density at radius 3 is 2.61 bits per heavy atom. The third kappa shape index (κ3) is 4.56. The highest BCUT2D eigenvalue weighted by Gasteiger charge is 2.20. The zero-order valence-electron chi connectivity index (χ0n) is 13.2. The smallest absolute Gasteiger partial charge is 0.321 e. The minimum absolute atomic E-state index is 0.374. The molecule has 1 aromatic heterocycles. The lowest BCUT2D eigenvalue weighted by molar-refractivity contribution is -0.119. The highest BCUT2D eigenvalue weighted by molar-refractivity contribution is 8.00. The maximum Gasteiger partial charge on any atom is 0.321 e. The van der Waals surface area contributed by atoms with Gasteiger partial charge in [0, 0.05) is 7.05 Å². The van der Waals surface area contributed by atoms with E-state index in [1.165, 1.54) is 18.8 Å². The van der Waals surface area contributed by atoms with Crippen molar-refractivity contribution in [1.29, 1.82) is 0 Å². The summed E-state index contributed by atoms with van der Waals surface area (Å²) in [5.74, 6) is 0.400. The number of urea groups is 1. The third-order valence-corrected chi connectivity index (χ3v) is 4.28. The summed E-state index contributed by atoms with van der Waals surface area (Å²) in [6, 6.07) is 9.43. The molecule has 0 aliphatic rings. The van der Waals surface area contributed by atoms with Crippen molar-refractivity contribution in [3.63, 3.8) is 0 Å². The van der Waals surface area contributed by atoms with E-state index in [1.807, 2.05) is 41.8 Å². The third-order valence-electron chi connectivity index (χ3n) is 3.20. The molecule has 1 heterocycles. The largest absolute Gasteiger partial charge is 0.341 e. The molecule has 122 valence electrons. The fourth-order valence-corrected chi connectivity index (χ4v) is 2.78. The van der Waals surface area contributed by atoms with Gasteiger partial charge in [-0.2, -0.15) is 0 Å². The molecule has 7 nitrogen and oxygen atoms in total. The van der Waals surface area contributed by atoms with Crippen LogP contribution >= 0.6 is 11.8 Å². The molecule has 3 amide bonds. The van der Waals surface area contributed by atoms with Gasteiger partial charge in [0.05, 0.1) is 11.8 Å². The summed E-state index contributed by atoms with van der Waals surface area (Å²) in [5, 5.41) is 13.0. The SMILES string of the molecule is CNC(=O)NC(=O)C(C)Sc1nnc(C)n1Cc1ccccc1. The van der Waals surface area contributed by atoms with E-state index in [2.05, 4.69) is 20.8 Å². The molecular formula is C15H19N5O2S. The standard InChI is InChI=1S/C15H19N5O2S/c1-10(13(21)17-14(22)16-3)23-15-19-18-11(2)20(15)9-12-7-5-4-6-8-12/h4-8,10H,9H2,1-3H3,(H2,16,17,21,22). The van der Waals surface area contributed by atoms with Crippen molar-refractivity contribution < 1.29 is 9.59 Å². The molecule has 0 spiro atoms. The van der Waals surface area contributed by atoms with Crippen molar-refractivity contribution in [1.82, 2.24) is 25.4 Å². The number of amides is 3. The Bertz CT molecular complexity index is 686. The molecule has 1 unspecified atom stereocenters. The van der Waals surface area contributed by atoms with E-state index in [-0.39, 0.29) is 5.91 Å². The van der Waals surface area contributed by atoms with Crippen LogP contribution in [0.1, 0.15) is 18.3 Å². The topological polar surface area (TPSA) is 88.9 Å². The first-order valence-electron chi connectivity index (χ1n) is 7.14. The van der Waals surface area contributed by atoms with Crippen molar-refractivity contribution in [3.05, 3.63) is 41.7 Å². The number of carbonyl (C=O) groups is 2. The van der Waals surface area contributed by atoms with Gasteiger partial charge in [-0.15, -0.1) is 10.2 Å². The van der Waals surface area contributed by atoms with Crippen LogP contribution in [0.3, 0.4) is 0 Å². The van der Waals surface area contributed by atoms with Gasteiger partial charge in [-0.3, -0.25) is 10.1 Å². The Morgan fingerprint density at radius 2 is 1.96 bits per heavy atom. The Balaban J connectivity index is 2.09. The predicted octanol–water partition coefficient (Wildman–Crippen LogP) is 1.57. The number of thioether (sulfide) groups is 1. The van der Waals surface area contributed by atoms with Crippen molar-refractivity contribution in [2.75, 3.05) is 7.05 Å². The highest BCUT2D eigenvalue weighted by atomic mass is 32.2. The van der Waals surface area contributed by atoms with Gasteiger partial charge in [-0.25, -0.2) is 4.79 Å². The van der Waals surface area contributed by atoms with Crippen LogP contribution in [0.5, 0.6) is 0 Å². The van der Waals surface area contributed by atoms with Crippen molar-refractivity contribution in [2.24, 2.45) is 0 Å². The van der Waals surface area contributed by atoms with Crippen LogP contribution in [-0.4, -0.2) is 39.0 Å². The number of rotatable bonds is 5. The van der Waals surface area contributed by atoms with E-state index in [0.717, 1.165) is 11.4 Å². The molecule has 0 bridgehead atoms. The molecule has 1 aromatic carbocycles. The van der Waals surface area contributed by atoms with E-state index >= 15 is 0 Å². The van der Waals surface area contributed by atoms with Crippen molar-refractivity contribution >= 4 is 23.7 Å². The van der Waals surface area contributed by atoms with Crippen LogP contribution in [0, 0.1) is 6.92 Å². The number of nitrogens with one attached hydrogen (secondary N) is 2. The number of aryl methyl sites for hydroxylation is 1. The zero-order valence-corrected chi connectivity index (χ0v) is 14.1. The Kier molecular flexibility index (Phi) is 5.75. The molecule has 0 radical (unpaired) electrons. The average molecular weight is 333 g/mol. The average Bonchev–Trinajstić information content (AvgIpc) is 2.88. The van der Waals surface area contributed by atoms with Crippen LogP contribution in [0.25, 0.3) is 0 Å². The van der Waals surface area contributed by atoms with Crippen molar-refractivity contribution in [3.8, 4) is 0 Å². The molecule has 0 saturated carbocycles. The normalized spacial score (nSPS) is 11.8. The maximum absolute atomic E-state index is 11.9. The lowest BCUT2D eigenvalue weighted by atomic mass is 10.2. The van der Waals surface area contributed by atoms with Gasteiger partial charge in [0.25, 0.3) is 0 Å². The number of aromatic nitrogens is 3. The predicted molar refractivity (Wildman–Crippen MR) is 88.2 cm³/mol. The second-order valence-corrected chi connectivity index (χ2v) is 6.24. The second kappa shape index (κ2) is 7.77. The van der Waals surface area contributed by atoms with E-state index < -0.39 is 11.3 Å². The Hall–Kier alpha value is -2.35. The van der Waals surface area contributed by atoms with Gasteiger partial charge < -0.3 is 9.88 Å². The summed E-state index contributed by atoms with van der Waals surface area (Å²) in [4.78, 5) is 23.1. The molecule has 0 saturated heterocycles. The molecule has 1 atom stereocenters. The lowest BCUT2D eigenvalue weighted by Gasteiger charge is -2.12. The molecule has 2 N–H and O–H groups in total. The van der Waals surface area contributed by atoms with Crippen LogP contribution in [-0.2, 0) is 11.3 Å². The van der Waals surface area contributed by atoms with Crippen LogP contribution in [0.15, 0.2) is 35.5 Å². The van der Waals surface area contributed by atoms with Gasteiger partial charge in [0.2, 0.25) is 5.91 Å². The van der Waals surface area contributed by atoms with Gasteiger partial charge in [0.15, 0.2) is 5.16 Å². The van der Waals surface area contributed by atoms with Gasteiger partial charge >= 0.3 is 6.03 Å². The number of carbonyl (C=O) groups excluding carboxylic acids is 2. The molecular weight excluding hydrogens is 314 g/mol. The number of imide groups is 1. The van der Waals surface area contributed by atoms with Gasteiger partial charge in [-0.05, 0) is 19.4 Å². The number of hydrogen-bond acceptors (Lipinski definition) is 5. The molecule has 0 aliphatic carbocycles. The molecule has 0 aliphatic heterocycles. The highest BCUT2D eigenvalue weighted by Crippen LogP contribution is 2.23. The first kappa shape index (κ1) is 17.0. The van der Waals surface area contributed by atoms with E-state index in [4.69, 9.17) is 0 Å². The molecule has 2 rings (SSSR count). The summed E-state index contributed by atoms with van der Waals surface area (Å²) in [5.41, 5.74) is 1.12. The quantitative estimate of drug-likeness (QED) is 0.811. The van der Waals surface area contributed by atoms with Crippen LogP contribution < -0.4 is 10.6 Å². The monoisotopic (exact) mass is 333 g/mol. The summed E-state index contributed by atoms with van der Waals surface area (Å²) < 4.78 is 1.95. The zero-order chi connectivity index (χ0) is 16.8. The fourth-order valence-electron chi connectivity index (χ4n) is 1.88. The van der Waals surface area contributed by atoms with Crippen LogP contribution in [0.2, 0.25) is 0 Å². The first-order valence-corrected chi connectivity index (χ1v) is 8.02. The Labute approximate surface area is 138 Å². The molecule has 8 heteroatoms. The van der Waals surface area contributed by atoms with Gasteiger partial charge in [-0.1, -0.05) is 42.1 Å². The van der Waals surface area contributed by atoms with Gasteiger partial charge in [0.1, 0.15) is 5.82 Å². The summed E-state index contributed by atoms with van der Waals surface area (Å²) >= 11 is 1.27. The molecule has 0 fully saturated rings. The molecule has 23 heavy (non-hydrogen) atoms. The Morgan fingerprint density at radius 1 is 1.26 bits per heavy atom. The first-order chi connectivity index (χ1) is 11.0. The minimum Gasteiger partial charge on any atom is -0.341 e. The minimum atomic E-state index is -0.524. The maximum atomic E-state index is 11.9. The summed E-state index contributed by atoms with van der Waals surface area (Å²) in [6.07, 6.45) is 0. The number of nitrogens with zero attached hydrogens (tertiary/aromatic N) is 3. The summed E-state index contributed by atoms with van der Waals surface area (Å²) in [6.45, 7) is 4.22. The molecule has 2 aromatic rings. The number of hydrogen-bond donors (Lipinski definition) is 2. The number of benzene rings is 1. The fraction of sp³-hybridized carbons (Fsp3) is 0.333. The van der Waals surface area contributed by atoms with E-state index in [1.54, 1.807) is 6.92 Å². The lowest BCUT2D eigenvalue weighted by Crippen LogP contribution is -2.41. The van der Waals surface area contributed by atoms with E-state index in [9.17, 15) is 9.59 Å². The van der Waals surface area contributed by atoms with Crippen molar-refractivity contribution in [2.45, 2.75) is 30.8 Å². The van der Waals surface area contributed by atoms with Crippen LogP contribution in [0.4, 0.5) is 4.79 Å². The van der Waals surface area contributed by atoms with E-state index in [0.29, 0.717) is 11.7 Å². The second-order valence-electron chi connectivity index (χ2n) is 4.93.